The summed E-state index contributed by atoms with van der Waals surface area (Å²) in [5.74, 6) is -0.434. The molecule has 0 aliphatic heterocycles. The van der Waals surface area contributed by atoms with E-state index >= 15 is 0 Å². The number of nitrogens with zero attached hydrogens (tertiary/aromatic N) is 1. The van der Waals surface area contributed by atoms with Crippen molar-refractivity contribution in [2.24, 2.45) is 16.3 Å². The molecule has 0 unspecified atom stereocenters. The summed E-state index contributed by atoms with van der Waals surface area (Å²) >= 11 is 0. The molecule has 1 aromatic carbocycles. The molecule has 5 nitrogen and oxygen atoms in total. The number of hydrogen-bond acceptors (Lipinski definition) is 3. The van der Waals surface area contributed by atoms with Crippen LogP contribution in [0.3, 0.4) is 0 Å². The Bertz CT molecular complexity index is 493. The molecular formula is C13H19N3O2. The number of benzene rings is 1. The van der Waals surface area contributed by atoms with Crippen molar-refractivity contribution in [3.63, 3.8) is 0 Å². The van der Waals surface area contributed by atoms with Gasteiger partial charge in [0.1, 0.15) is 5.41 Å². The van der Waals surface area contributed by atoms with E-state index in [1.165, 1.54) is 0 Å². The predicted molar refractivity (Wildman–Crippen MR) is 71.7 cm³/mol. The minimum Gasteiger partial charge on any atom is -0.409 e. The van der Waals surface area contributed by atoms with Crippen LogP contribution in [0.4, 0.5) is 5.69 Å². The third-order valence-electron chi connectivity index (χ3n) is 3.17. The van der Waals surface area contributed by atoms with Crippen LogP contribution in [-0.4, -0.2) is 17.0 Å². The molecule has 0 saturated carbocycles. The van der Waals surface area contributed by atoms with Gasteiger partial charge >= 0.3 is 0 Å². The van der Waals surface area contributed by atoms with Gasteiger partial charge in [0.15, 0.2) is 5.84 Å². The van der Waals surface area contributed by atoms with E-state index < -0.39 is 5.41 Å². The largest absolute Gasteiger partial charge is 0.409 e. The van der Waals surface area contributed by atoms with Crippen LogP contribution in [0.2, 0.25) is 0 Å². The van der Waals surface area contributed by atoms with E-state index in [0.29, 0.717) is 0 Å². The first-order valence-electron chi connectivity index (χ1n) is 5.66. The van der Waals surface area contributed by atoms with Gasteiger partial charge in [-0.05, 0) is 44.9 Å². The number of rotatable bonds is 3. The zero-order chi connectivity index (χ0) is 13.9. The number of amides is 1. The Morgan fingerprint density at radius 1 is 1.39 bits per heavy atom. The lowest BCUT2D eigenvalue weighted by Gasteiger charge is -2.22. The number of aryl methyl sites for hydroxylation is 1. The maximum absolute atomic E-state index is 12.1. The minimum atomic E-state index is -1.06. The van der Waals surface area contributed by atoms with Crippen LogP contribution in [0.5, 0.6) is 0 Å². The number of carbonyl (C=O) groups excluding carboxylic acids is 1. The van der Waals surface area contributed by atoms with E-state index in [9.17, 15) is 4.79 Å². The fourth-order valence-corrected chi connectivity index (χ4v) is 1.41. The predicted octanol–water partition coefficient (Wildman–Crippen LogP) is 2.01. The van der Waals surface area contributed by atoms with Crippen LogP contribution < -0.4 is 11.1 Å². The maximum atomic E-state index is 12.1. The van der Waals surface area contributed by atoms with Crippen molar-refractivity contribution < 1.29 is 10.0 Å². The first kappa shape index (κ1) is 14.0. The Hall–Kier alpha value is -2.04. The lowest BCUT2D eigenvalue weighted by Crippen LogP contribution is -2.42. The first-order valence-corrected chi connectivity index (χ1v) is 5.66. The number of amidine groups is 1. The molecule has 0 atom stereocenters. The second kappa shape index (κ2) is 5.08. The van der Waals surface area contributed by atoms with Crippen molar-refractivity contribution in [3.05, 3.63) is 29.3 Å². The van der Waals surface area contributed by atoms with Gasteiger partial charge in [0.2, 0.25) is 5.91 Å². The highest BCUT2D eigenvalue weighted by Gasteiger charge is 2.33. The van der Waals surface area contributed by atoms with E-state index in [0.717, 1.165) is 16.8 Å². The van der Waals surface area contributed by atoms with Gasteiger partial charge < -0.3 is 16.3 Å². The Labute approximate surface area is 107 Å². The zero-order valence-corrected chi connectivity index (χ0v) is 11.1. The Kier molecular flexibility index (Phi) is 3.96. The fraction of sp³-hybridized carbons (Fsp3) is 0.385. The third-order valence-corrected chi connectivity index (χ3v) is 3.17. The van der Waals surface area contributed by atoms with Gasteiger partial charge in [-0.2, -0.15) is 0 Å². The molecule has 0 spiro atoms. The van der Waals surface area contributed by atoms with Gasteiger partial charge in [-0.15, -0.1) is 0 Å². The van der Waals surface area contributed by atoms with Crippen molar-refractivity contribution in [3.8, 4) is 0 Å². The zero-order valence-electron chi connectivity index (χ0n) is 11.1. The summed E-state index contributed by atoms with van der Waals surface area (Å²) in [5, 5.41) is 14.4. The van der Waals surface area contributed by atoms with Crippen LogP contribution in [0.25, 0.3) is 0 Å². The molecule has 1 rings (SSSR count). The molecule has 0 bridgehead atoms. The molecule has 0 aliphatic carbocycles. The van der Waals surface area contributed by atoms with Crippen molar-refractivity contribution >= 4 is 17.4 Å². The topological polar surface area (TPSA) is 87.7 Å². The summed E-state index contributed by atoms with van der Waals surface area (Å²) in [4.78, 5) is 12.1. The summed E-state index contributed by atoms with van der Waals surface area (Å²) in [7, 11) is 0. The Morgan fingerprint density at radius 2 is 2.00 bits per heavy atom. The van der Waals surface area contributed by atoms with Crippen molar-refractivity contribution in [2.45, 2.75) is 27.7 Å². The Balaban J connectivity index is 2.99. The quantitative estimate of drug-likeness (QED) is 0.331. The highest BCUT2D eigenvalue weighted by atomic mass is 16.4. The number of nitrogens with one attached hydrogen (secondary N) is 1. The maximum Gasteiger partial charge on any atom is 0.237 e. The van der Waals surface area contributed by atoms with Crippen LogP contribution in [0.1, 0.15) is 25.0 Å². The van der Waals surface area contributed by atoms with Crippen LogP contribution in [0.15, 0.2) is 23.4 Å². The summed E-state index contributed by atoms with van der Waals surface area (Å²) in [5.41, 5.74) is 7.28. The lowest BCUT2D eigenvalue weighted by molar-refractivity contribution is -0.121. The van der Waals surface area contributed by atoms with Crippen molar-refractivity contribution in [2.75, 3.05) is 5.32 Å². The molecular weight excluding hydrogens is 230 g/mol. The minimum absolute atomic E-state index is 0.120. The fourth-order valence-electron chi connectivity index (χ4n) is 1.41. The van der Waals surface area contributed by atoms with E-state index in [4.69, 9.17) is 10.9 Å². The van der Waals surface area contributed by atoms with Gasteiger partial charge in [0, 0.05) is 5.69 Å². The normalized spacial score (nSPS) is 12.3. The van der Waals surface area contributed by atoms with E-state index in [2.05, 4.69) is 10.5 Å². The Morgan fingerprint density at radius 3 is 2.56 bits per heavy atom. The van der Waals surface area contributed by atoms with E-state index in [1.54, 1.807) is 13.8 Å². The first-order chi connectivity index (χ1) is 8.30. The van der Waals surface area contributed by atoms with Crippen LogP contribution >= 0.6 is 0 Å². The van der Waals surface area contributed by atoms with Crippen LogP contribution in [0, 0.1) is 19.3 Å². The van der Waals surface area contributed by atoms with Gasteiger partial charge in [-0.1, -0.05) is 17.3 Å². The lowest BCUT2D eigenvalue weighted by atomic mass is 9.90. The molecule has 98 valence electrons. The highest BCUT2D eigenvalue weighted by molar-refractivity contribution is 6.11. The third kappa shape index (κ3) is 2.61. The number of hydrogen-bond donors (Lipinski definition) is 3. The van der Waals surface area contributed by atoms with E-state index in [-0.39, 0.29) is 11.7 Å². The molecule has 0 aliphatic rings. The summed E-state index contributed by atoms with van der Waals surface area (Å²) in [6, 6.07) is 5.66. The molecule has 1 aromatic rings. The van der Waals surface area contributed by atoms with Gasteiger partial charge in [-0.25, -0.2) is 0 Å². The molecule has 0 radical (unpaired) electrons. The standard InChI is InChI=1S/C13H19N3O2/c1-8-6-5-7-10(9(8)2)15-12(17)13(3,4)11(14)16-18/h5-7,18H,1-4H3,(H2,14,16)(H,15,17). The number of oxime groups is 1. The molecule has 18 heavy (non-hydrogen) atoms. The SMILES string of the molecule is Cc1cccc(NC(=O)C(C)(C)C(N)=NO)c1C. The number of anilines is 1. The summed E-state index contributed by atoms with van der Waals surface area (Å²) < 4.78 is 0. The van der Waals surface area contributed by atoms with E-state index in [1.807, 2.05) is 32.0 Å². The molecule has 1 amide bonds. The molecule has 0 aromatic heterocycles. The summed E-state index contributed by atoms with van der Waals surface area (Å²) in [6.07, 6.45) is 0. The second-order valence-corrected chi connectivity index (χ2v) is 4.81. The number of carbonyl (C=O) groups is 1. The molecule has 5 heteroatoms. The van der Waals surface area contributed by atoms with Crippen molar-refractivity contribution in [1.82, 2.24) is 0 Å². The number of nitrogens with two attached hydrogens (primary N) is 1. The molecule has 0 saturated heterocycles. The molecule has 0 heterocycles. The molecule has 4 N–H and O–H groups in total. The van der Waals surface area contributed by atoms with Crippen molar-refractivity contribution in [1.29, 1.82) is 0 Å². The van der Waals surface area contributed by atoms with Gasteiger partial charge in [0.25, 0.3) is 0 Å². The van der Waals surface area contributed by atoms with Gasteiger partial charge in [0.05, 0.1) is 0 Å². The average molecular weight is 249 g/mol. The van der Waals surface area contributed by atoms with Gasteiger partial charge in [-0.3, -0.25) is 4.79 Å². The monoisotopic (exact) mass is 249 g/mol. The second-order valence-electron chi connectivity index (χ2n) is 4.81. The van der Waals surface area contributed by atoms with Crippen LogP contribution in [-0.2, 0) is 4.79 Å². The smallest absolute Gasteiger partial charge is 0.237 e. The summed E-state index contributed by atoms with van der Waals surface area (Å²) in [6.45, 7) is 7.10. The average Bonchev–Trinajstić information content (AvgIpc) is 2.33. The molecule has 0 fully saturated rings. The highest BCUT2D eigenvalue weighted by Crippen LogP contribution is 2.22.